The first-order valence-electron chi connectivity index (χ1n) is 10.1. The van der Waals surface area contributed by atoms with E-state index in [-0.39, 0.29) is 12.0 Å². The van der Waals surface area contributed by atoms with E-state index in [0.717, 1.165) is 58.7 Å². The molecule has 0 spiro atoms. The number of nitrogens with zero attached hydrogens (tertiary/aromatic N) is 3. The van der Waals surface area contributed by atoms with Crippen molar-refractivity contribution in [3.63, 3.8) is 0 Å². The molecule has 0 aliphatic carbocycles. The van der Waals surface area contributed by atoms with Crippen molar-refractivity contribution in [2.45, 2.75) is 31.5 Å². The molecule has 0 aromatic heterocycles. The summed E-state index contributed by atoms with van der Waals surface area (Å²) in [6, 6.07) is 10.7. The average Bonchev–Trinajstić information content (AvgIpc) is 3.19. The Kier molecular flexibility index (Phi) is 5.57. The number of carbonyl (C=O) groups excluding carboxylic acids is 1. The van der Waals surface area contributed by atoms with Crippen LogP contribution in [0.4, 0.5) is 0 Å². The Hall–Kier alpha value is -1.43. The summed E-state index contributed by atoms with van der Waals surface area (Å²) in [7, 11) is 2.12. The molecule has 1 amide bonds. The number of carbonyl (C=O) groups is 1. The Bertz CT molecular complexity index is 587. The van der Waals surface area contributed by atoms with Gasteiger partial charge in [-0.2, -0.15) is 0 Å². The summed E-state index contributed by atoms with van der Waals surface area (Å²) in [6.45, 7) is 6.95. The van der Waals surface area contributed by atoms with E-state index in [2.05, 4.69) is 47.2 Å². The zero-order valence-electron chi connectivity index (χ0n) is 15.8. The standard InChI is InChI=1S/C21H31N3O2/c1-22-9-11-24(12-10-22)21(25)14-19-13-18-15-23(16-20(18)26-19)8-7-17-5-3-2-4-6-17/h2-6,18-20H,7-16H2,1H3/t18-,19+,20+/m1/s1. The van der Waals surface area contributed by atoms with Gasteiger partial charge in [-0.3, -0.25) is 4.79 Å². The van der Waals surface area contributed by atoms with Crippen LogP contribution in [0.3, 0.4) is 0 Å². The first-order valence-corrected chi connectivity index (χ1v) is 10.1. The predicted molar refractivity (Wildman–Crippen MR) is 102 cm³/mol. The minimum atomic E-state index is 0.133. The van der Waals surface area contributed by atoms with Gasteiger partial charge in [-0.25, -0.2) is 0 Å². The summed E-state index contributed by atoms with van der Waals surface area (Å²) in [6.07, 6.45) is 3.18. The highest BCUT2D eigenvalue weighted by atomic mass is 16.5. The van der Waals surface area contributed by atoms with E-state index in [4.69, 9.17) is 4.74 Å². The number of rotatable bonds is 5. The molecule has 26 heavy (non-hydrogen) atoms. The van der Waals surface area contributed by atoms with E-state index < -0.39 is 0 Å². The van der Waals surface area contributed by atoms with Crippen LogP contribution in [-0.4, -0.2) is 85.7 Å². The molecule has 0 radical (unpaired) electrons. The van der Waals surface area contributed by atoms with Crippen molar-refractivity contribution in [1.82, 2.24) is 14.7 Å². The number of likely N-dealkylation sites (N-methyl/N-ethyl adjacent to an activating group) is 1. The molecule has 3 heterocycles. The molecule has 3 saturated heterocycles. The van der Waals surface area contributed by atoms with E-state index in [9.17, 15) is 4.79 Å². The van der Waals surface area contributed by atoms with Gasteiger partial charge in [0.25, 0.3) is 0 Å². The van der Waals surface area contributed by atoms with Crippen LogP contribution in [0.1, 0.15) is 18.4 Å². The highest BCUT2D eigenvalue weighted by molar-refractivity contribution is 5.76. The van der Waals surface area contributed by atoms with Crippen LogP contribution in [0.25, 0.3) is 0 Å². The summed E-state index contributed by atoms with van der Waals surface area (Å²) in [4.78, 5) is 19.3. The minimum absolute atomic E-state index is 0.133. The van der Waals surface area contributed by atoms with Gasteiger partial charge in [0, 0.05) is 51.7 Å². The normalized spacial score (nSPS) is 29.9. The third kappa shape index (κ3) is 4.27. The highest BCUT2D eigenvalue weighted by Gasteiger charge is 2.42. The maximum atomic E-state index is 12.5. The summed E-state index contributed by atoms with van der Waals surface area (Å²) < 4.78 is 6.25. The van der Waals surface area contributed by atoms with Crippen LogP contribution in [0.5, 0.6) is 0 Å². The maximum Gasteiger partial charge on any atom is 0.225 e. The monoisotopic (exact) mass is 357 g/mol. The molecule has 0 saturated carbocycles. The van der Waals surface area contributed by atoms with Crippen molar-refractivity contribution >= 4 is 5.91 Å². The van der Waals surface area contributed by atoms with Crippen LogP contribution in [0, 0.1) is 5.92 Å². The molecular formula is C21H31N3O2. The molecule has 3 fully saturated rings. The molecule has 0 N–H and O–H groups in total. The SMILES string of the molecule is CN1CCN(C(=O)C[C@@H]2C[C@@H]3CN(CCc4ccccc4)C[C@@H]3O2)CC1. The van der Waals surface area contributed by atoms with Crippen LogP contribution < -0.4 is 0 Å². The number of ether oxygens (including phenoxy) is 1. The van der Waals surface area contributed by atoms with E-state index >= 15 is 0 Å². The fraction of sp³-hybridized carbons (Fsp3) is 0.667. The summed E-state index contributed by atoms with van der Waals surface area (Å²) >= 11 is 0. The predicted octanol–water partition coefficient (Wildman–Crippen LogP) is 1.48. The van der Waals surface area contributed by atoms with E-state index in [1.165, 1.54) is 5.56 Å². The topological polar surface area (TPSA) is 36.0 Å². The van der Waals surface area contributed by atoms with E-state index in [1.807, 2.05) is 4.90 Å². The number of hydrogen-bond donors (Lipinski definition) is 0. The van der Waals surface area contributed by atoms with Crippen molar-refractivity contribution in [2.75, 3.05) is 52.9 Å². The molecule has 1 aromatic rings. The Morgan fingerprint density at radius 3 is 2.62 bits per heavy atom. The highest BCUT2D eigenvalue weighted by Crippen LogP contribution is 2.34. The second-order valence-corrected chi connectivity index (χ2v) is 8.18. The van der Waals surface area contributed by atoms with Gasteiger partial charge in [0.2, 0.25) is 5.91 Å². The maximum absolute atomic E-state index is 12.5. The summed E-state index contributed by atoms with van der Waals surface area (Å²) in [5.74, 6) is 0.889. The lowest BCUT2D eigenvalue weighted by Gasteiger charge is -2.33. The second-order valence-electron chi connectivity index (χ2n) is 8.18. The van der Waals surface area contributed by atoms with Crippen molar-refractivity contribution in [2.24, 2.45) is 5.92 Å². The van der Waals surface area contributed by atoms with Crippen molar-refractivity contribution in [3.8, 4) is 0 Å². The second kappa shape index (κ2) is 8.07. The molecule has 1 aromatic carbocycles. The minimum Gasteiger partial charge on any atom is -0.373 e. The first kappa shape index (κ1) is 18.0. The van der Waals surface area contributed by atoms with Gasteiger partial charge in [-0.1, -0.05) is 30.3 Å². The van der Waals surface area contributed by atoms with Crippen molar-refractivity contribution in [1.29, 1.82) is 0 Å². The lowest BCUT2D eigenvalue weighted by molar-refractivity contribution is -0.135. The Labute approximate surface area is 156 Å². The zero-order chi connectivity index (χ0) is 17.9. The average molecular weight is 357 g/mol. The molecule has 4 rings (SSSR count). The molecular weight excluding hydrogens is 326 g/mol. The number of benzene rings is 1. The first-order chi connectivity index (χ1) is 12.7. The van der Waals surface area contributed by atoms with Gasteiger partial charge >= 0.3 is 0 Å². The lowest BCUT2D eigenvalue weighted by atomic mass is 10.0. The van der Waals surface area contributed by atoms with Gasteiger partial charge in [0.15, 0.2) is 0 Å². The number of amides is 1. The quantitative estimate of drug-likeness (QED) is 0.800. The number of likely N-dealkylation sites (tertiary alicyclic amines) is 1. The third-order valence-electron chi connectivity index (χ3n) is 6.21. The molecule has 142 valence electrons. The van der Waals surface area contributed by atoms with Crippen LogP contribution in [0.2, 0.25) is 0 Å². The van der Waals surface area contributed by atoms with Crippen molar-refractivity contribution < 1.29 is 9.53 Å². The molecule has 5 heteroatoms. The fourth-order valence-corrected chi connectivity index (χ4v) is 4.57. The number of piperazine rings is 1. The van der Waals surface area contributed by atoms with Crippen molar-refractivity contribution in [3.05, 3.63) is 35.9 Å². The smallest absolute Gasteiger partial charge is 0.225 e. The van der Waals surface area contributed by atoms with Crippen LogP contribution in [-0.2, 0) is 16.0 Å². The molecule has 0 unspecified atom stereocenters. The third-order valence-corrected chi connectivity index (χ3v) is 6.21. The molecule has 3 aliphatic rings. The van der Waals surface area contributed by atoms with Gasteiger partial charge in [-0.15, -0.1) is 0 Å². The van der Waals surface area contributed by atoms with Gasteiger partial charge < -0.3 is 19.4 Å². The largest absolute Gasteiger partial charge is 0.373 e. The fourth-order valence-electron chi connectivity index (χ4n) is 4.57. The number of fused-ring (bicyclic) bond motifs is 1. The van der Waals surface area contributed by atoms with Crippen LogP contribution in [0.15, 0.2) is 30.3 Å². The Morgan fingerprint density at radius 1 is 1.12 bits per heavy atom. The molecule has 3 aliphatic heterocycles. The van der Waals surface area contributed by atoms with Gasteiger partial charge in [-0.05, 0) is 25.5 Å². The van der Waals surface area contributed by atoms with E-state index in [1.54, 1.807) is 0 Å². The van der Waals surface area contributed by atoms with Gasteiger partial charge in [0.1, 0.15) is 0 Å². The molecule has 0 bridgehead atoms. The molecule has 5 nitrogen and oxygen atoms in total. The van der Waals surface area contributed by atoms with Gasteiger partial charge in [0.05, 0.1) is 18.6 Å². The van der Waals surface area contributed by atoms with Crippen LogP contribution >= 0.6 is 0 Å². The summed E-state index contributed by atoms with van der Waals surface area (Å²) in [5.41, 5.74) is 1.40. The number of hydrogen-bond acceptors (Lipinski definition) is 4. The molecule has 3 atom stereocenters. The zero-order valence-corrected chi connectivity index (χ0v) is 15.8. The Morgan fingerprint density at radius 2 is 1.88 bits per heavy atom. The lowest BCUT2D eigenvalue weighted by Crippen LogP contribution is -2.47. The van der Waals surface area contributed by atoms with E-state index in [0.29, 0.717) is 18.4 Å². The Balaban J connectivity index is 1.19. The summed E-state index contributed by atoms with van der Waals surface area (Å²) in [5, 5.41) is 0.